The summed E-state index contributed by atoms with van der Waals surface area (Å²) < 4.78 is 17.3. The second kappa shape index (κ2) is 9.40. The SMILES string of the molecule is CCN(CC1COc2ccccc2O1)C(=O)CSc1nnc(-c2cccc(Cl)c2)o1. The molecule has 2 heterocycles. The maximum absolute atomic E-state index is 12.7. The average molecular weight is 446 g/mol. The van der Waals surface area contributed by atoms with Crippen molar-refractivity contribution in [3.63, 3.8) is 0 Å². The minimum Gasteiger partial charge on any atom is -0.486 e. The Morgan fingerprint density at radius 2 is 2.03 bits per heavy atom. The summed E-state index contributed by atoms with van der Waals surface area (Å²) in [5, 5.41) is 8.96. The molecule has 30 heavy (non-hydrogen) atoms. The molecule has 0 saturated carbocycles. The van der Waals surface area contributed by atoms with Gasteiger partial charge >= 0.3 is 0 Å². The highest BCUT2D eigenvalue weighted by molar-refractivity contribution is 7.99. The molecule has 9 heteroatoms. The predicted octanol–water partition coefficient (Wildman–Crippen LogP) is 4.17. The second-order valence-corrected chi connectivity index (χ2v) is 7.97. The number of benzene rings is 2. The van der Waals surface area contributed by atoms with Gasteiger partial charge in [-0.25, -0.2) is 0 Å². The molecule has 3 aromatic rings. The summed E-state index contributed by atoms with van der Waals surface area (Å²) in [4.78, 5) is 14.4. The van der Waals surface area contributed by atoms with Gasteiger partial charge in [0.2, 0.25) is 11.8 Å². The summed E-state index contributed by atoms with van der Waals surface area (Å²) in [6, 6.07) is 14.7. The highest BCUT2D eigenvalue weighted by atomic mass is 35.5. The minimum atomic E-state index is -0.216. The highest BCUT2D eigenvalue weighted by Crippen LogP contribution is 2.31. The van der Waals surface area contributed by atoms with Gasteiger partial charge in [0.15, 0.2) is 17.6 Å². The van der Waals surface area contributed by atoms with Crippen molar-refractivity contribution in [1.82, 2.24) is 15.1 Å². The fourth-order valence-electron chi connectivity index (χ4n) is 3.03. The van der Waals surface area contributed by atoms with E-state index in [1.54, 1.807) is 17.0 Å². The number of hydrogen-bond acceptors (Lipinski definition) is 7. The van der Waals surface area contributed by atoms with Crippen molar-refractivity contribution in [2.24, 2.45) is 0 Å². The molecule has 0 spiro atoms. The number of nitrogens with zero attached hydrogens (tertiary/aromatic N) is 3. The van der Waals surface area contributed by atoms with Crippen LogP contribution < -0.4 is 9.47 Å². The Morgan fingerprint density at radius 1 is 1.20 bits per heavy atom. The molecule has 4 rings (SSSR count). The molecule has 0 saturated heterocycles. The van der Waals surface area contributed by atoms with Crippen LogP contribution >= 0.6 is 23.4 Å². The third kappa shape index (κ3) is 4.88. The van der Waals surface area contributed by atoms with Crippen LogP contribution in [-0.4, -0.2) is 52.6 Å². The quantitative estimate of drug-likeness (QED) is 0.505. The lowest BCUT2D eigenvalue weighted by Gasteiger charge is -2.30. The smallest absolute Gasteiger partial charge is 0.277 e. The van der Waals surface area contributed by atoms with E-state index in [0.29, 0.717) is 41.6 Å². The zero-order valence-corrected chi connectivity index (χ0v) is 17.9. The summed E-state index contributed by atoms with van der Waals surface area (Å²) in [5.41, 5.74) is 0.734. The van der Waals surface area contributed by atoms with Crippen LogP contribution in [0.5, 0.6) is 11.5 Å². The van der Waals surface area contributed by atoms with Crippen molar-refractivity contribution in [3.8, 4) is 23.0 Å². The number of halogens is 1. The lowest BCUT2D eigenvalue weighted by atomic mass is 10.2. The molecule has 0 bridgehead atoms. The van der Waals surface area contributed by atoms with Crippen LogP contribution in [0.1, 0.15) is 6.92 Å². The third-order valence-electron chi connectivity index (χ3n) is 4.52. The monoisotopic (exact) mass is 445 g/mol. The molecule has 1 aliphatic heterocycles. The van der Waals surface area contributed by atoms with E-state index in [2.05, 4.69) is 10.2 Å². The van der Waals surface area contributed by atoms with E-state index in [4.69, 9.17) is 25.5 Å². The molecule has 0 N–H and O–H groups in total. The normalized spacial score (nSPS) is 15.1. The maximum Gasteiger partial charge on any atom is 0.277 e. The van der Waals surface area contributed by atoms with Gasteiger partial charge in [0.1, 0.15) is 6.61 Å². The van der Waals surface area contributed by atoms with Gasteiger partial charge in [0.25, 0.3) is 5.22 Å². The standard InChI is InChI=1S/C21H20ClN3O4S/c1-2-25(11-16-12-27-17-8-3-4-9-18(17)28-16)19(26)13-30-21-24-23-20(29-21)14-6-5-7-15(22)10-14/h3-10,16H,2,11-13H2,1H3. The first-order valence-corrected chi connectivity index (χ1v) is 10.9. The number of para-hydroxylation sites is 2. The van der Waals surface area contributed by atoms with Crippen molar-refractivity contribution < 1.29 is 18.7 Å². The summed E-state index contributed by atoms with van der Waals surface area (Å²) >= 11 is 7.20. The number of fused-ring (bicyclic) bond motifs is 1. The highest BCUT2D eigenvalue weighted by Gasteiger charge is 2.25. The third-order valence-corrected chi connectivity index (χ3v) is 5.56. The van der Waals surface area contributed by atoms with E-state index in [1.165, 1.54) is 11.8 Å². The number of carbonyl (C=O) groups excluding carboxylic acids is 1. The van der Waals surface area contributed by atoms with Crippen LogP contribution in [0.25, 0.3) is 11.5 Å². The molecule has 156 valence electrons. The molecular formula is C21H20ClN3O4S. The summed E-state index contributed by atoms with van der Waals surface area (Å²) in [7, 11) is 0. The van der Waals surface area contributed by atoms with Gasteiger partial charge in [-0.3, -0.25) is 4.79 Å². The fraction of sp³-hybridized carbons (Fsp3) is 0.286. The number of aromatic nitrogens is 2. The molecule has 7 nitrogen and oxygen atoms in total. The van der Waals surface area contributed by atoms with Gasteiger partial charge in [-0.1, -0.05) is 41.6 Å². The van der Waals surface area contributed by atoms with Gasteiger partial charge in [-0.05, 0) is 37.3 Å². The van der Waals surface area contributed by atoms with Gasteiger partial charge in [-0.2, -0.15) is 0 Å². The number of ether oxygens (including phenoxy) is 2. The van der Waals surface area contributed by atoms with Crippen molar-refractivity contribution in [2.45, 2.75) is 18.3 Å². The van der Waals surface area contributed by atoms with E-state index in [-0.39, 0.29) is 17.8 Å². The topological polar surface area (TPSA) is 77.7 Å². The van der Waals surface area contributed by atoms with Crippen LogP contribution in [0.4, 0.5) is 0 Å². The molecule has 1 aromatic heterocycles. The molecule has 1 atom stereocenters. The molecule has 1 aliphatic rings. The largest absolute Gasteiger partial charge is 0.486 e. The van der Waals surface area contributed by atoms with E-state index in [0.717, 1.165) is 11.3 Å². The minimum absolute atomic E-state index is 0.0348. The van der Waals surface area contributed by atoms with Crippen molar-refractivity contribution in [3.05, 3.63) is 53.6 Å². The zero-order valence-electron chi connectivity index (χ0n) is 16.3. The van der Waals surface area contributed by atoms with Crippen LogP contribution in [-0.2, 0) is 4.79 Å². The molecule has 0 aliphatic carbocycles. The van der Waals surface area contributed by atoms with Gasteiger partial charge < -0.3 is 18.8 Å². The van der Waals surface area contributed by atoms with Crippen molar-refractivity contribution in [2.75, 3.05) is 25.4 Å². The number of carbonyl (C=O) groups is 1. The Hall–Kier alpha value is -2.71. The van der Waals surface area contributed by atoms with Crippen LogP contribution in [0.2, 0.25) is 5.02 Å². The van der Waals surface area contributed by atoms with Crippen LogP contribution in [0, 0.1) is 0 Å². The predicted molar refractivity (Wildman–Crippen MR) is 114 cm³/mol. The van der Waals surface area contributed by atoms with Crippen molar-refractivity contribution >= 4 is 29.3 Å². The fourth-order valence-corrected chi connectivity index (χ4v) is 3.88. The molecular weight excluding hydrogens is 426 g/mol. The lowest BCUT2D eigenvalue weighted by Crippen LogP contribution is -2.44. The first-order chi connectivity index (χ1) is 14.6. The Bertz CT molecular complexity index is 1030. The van der Waals surface area contributed by atoms with E-state index >= 15 is 0 Å². The Kier molecular flexibility index (Phi) is 6.44. The maximum atomic E-state index is 12.7. The molecule has 0 radical (unpaired) electrons. The molecule has 1 unspecified atom stereocenters. The number of thioether (sulfide) groups is 1. The summed E-state index contributed by atoms with van der Waals surface area (Å²) in [6.45, 7) is 3.35. The number of amides is 1. The molecule has 0 fully saturated rings. The van der Waals surface area contributed by atoms with Gasteiger partial charge in [0.05, 0.1) is 12.3 Å². The molecule has 2 aromatic carbocycles. The van der Waals surface area contributed by atoms with Crippen LogP contribution in [0.15, 0.2) is 58.2 Å². The van der Waals surface area contributed by atoms with Crippen molar-refractivity contribution in [1.29, 1.82) is 0 Å². The van der Waals surface area contributed by atoms with Gasteiger partial charge in [-0.15, -0.1) is 10.2 Å². The lowest BCUT2D eigenvalue weighted by molar-refractivity contribution is -0.129. The summed E-state index contributed by atoms with van der Waals surface area (Å²) in [6.07, 6.45) is -0.216. The summed E-state index contributed by atoms with van der Waals surface area (Å²) in [5.74, 6) is 1.95. The van der Waals surface area contributed by atoms with Crippen LogP contribution in [0.3, 0.4) is 0 Å². The second-order valence-electron chi connectivity index (χ2n) is 6.60. The van der Waals surface area contributed by atoms with Gasteiger partial charge in [0, 0.05) is 17.1 Å². The zero-order chi connectivity index (χ0) is 20.9. The van der Waals surface area contributed by atoms with E-state index in [1.807, 2.05) is 43.3 Å². The van der Waals surface area contributed by atoms with E-state index < -0.39 is 0 Å². The number of rotatable bonds is 7. The first kappa shape index (κ1) is 20.6. The number of hydrogen-bond donors (Lipinski definition) is 0. The van der Waals surface area contributed by atoms with E-state index in [9.17, 15) is 4.79 Å². The molecule has 1 amide bonds. The Balaban J connectivity index is 1.32. The first-order valence-electron chi connectivity index (χ1n) is 9.51. The Labute approximate surface area is 183 Å². The Morgan fingerprint density at radius 3 is 2.83 bits per heavy atom. The number of likely N-dealkylation sites (N-methyl/N-ethyl adjacent to an activating group) is 1. The average Bonchev–Trinajstić information content (AvgIpc) is 3.25.